The number of nitrogens with one attached hydrogen (secondary N) is 2. The van der Waals surface area contributed by atoms with E-state index in [0.29, 0.717) is 11.7 Å². The van der Waals surface area contributed by atoms with Crippen LogP contribution in [-0.4, -0.2) is 36.3 Å². The summed E-state index contributed by atoms with van der Waals surface area (Å²) in [6, 6.07) is 21.7. The second kappa shape index (κ2) is 11.8. The van der Waals surface area contributed by atoms with Crippen LogP contribution in [0, 0.1) is 5.92 Å². The minimum atomic E-state index is -0.188. The van der Waals surface area contributed by atoms with E-state index in [2.05, 4.69) is 39.8 Å². The largest absolute Gasteiger partial charge is 0.459 e. The quantitative estimate of drug-likeness (QED) is 0.423. The normalized spacial score (nSPS) is 15.6. The van der Waals surface area contributed by atoms with E-state index in [9.17, 15) is 9.59 Å². The number of carbonyl (C=O) groups excluding carboxylic acids is 2. The summed E-state index contributed by atoms with van der Waals surface area (Å²) >= 11 is 0. The maximum Gasteiger partial charge on any atom is 0.287 e. The summed E-state index contributed by atoms with van der Waals surface area (Å²) in [5, 5.41) is 6.16. The van der Waals surface area contributed by atoms with Gasteiger partial charge in [-0.25, -0.2) is 0 Å². The van der Waals surface area contributed by atoms with Crippen LogP contribution in [0.2, 0.25) is 0 Å². The van der Waals surface area contributed by atoms with E-state index in [1.54, 1.807) is 12.1 Å². The summed E-state index contributed by atoms with van der Waals surface area (Å²) in [5.41, 5.74) is 3.27. The number of benzene rings is 2. The van der Waals surface area contributed by atoms with E-state index in [1.165, 1.54) is 11.8 Å². The molecule has 0 bridgehead atoms. The zero-order chi connectivity index (χ0) is 24.6. The van der Waals surface area contributed by atoms with Gasteiger partial charge in [0.1, 0.15) is 0 Å². The molecule has 2 aromatic carbocycles. The van der Waals surface area contributed by atoms with Crippen LogP contribution in [0.25, 0.3) is 0 Å². The first-order chi connectivity index (χ1) is 17.0. The van der Waals surface area contributed by atoms with Crippen molar-refractivity contribution >= 4 is 17.5 Å². The molecule has 6 nitrogen and oxygen atoms in total. The molecule has 1 saturated heterocycles. The Morgan fingerprint density at radius 1 is 1.00 bits per heavy atom. The van der Waals surface area contributed by atoms with Crippen LogP contribution in [0.4, 0.5) is 5.69 Å². The molecule has 184 valence electrons. The first-order valence-electron chi connectivity index (χ1n) is 12.5. The smallest absolute Gasteiger partial charge is 0.287 e. The molecule has 35 heavy (non-hydrogen) atoms. The van der Waals surface area contributed by atoms with Crippen LogP contribution in [0.3, 0.4) is 0 Å². The third-order valence-corrected chi connectivity index (χ3v) is 6.72. The molecule has 4 rings (SSSR count). The van der Waals surface area contributed by atoms with Gasteiger partial charge in [0.05, 0.1) is 12.3 Å². The van der Waals surface area contributed by atoms with Crippen molar-refractivity contribution in [3.63, 3.8) is 0 Å². The van der Waals surface area contributed by atoms with Crippen LogP contribution in [0.1, 0.15) is 66.8 Å². The van der Waals surface area contributed by atoms with Gasteiger partial charge >= 0.3 is 0 Å². The van der Waals surface area contributed by atoms with Crippen molar-refractivity contribution in [2.45, 2.75) is 45.1 Å². The summed E-state index contributed by atoms with van der Waals surface area (Å²) in [5.74, 6) is 0.644. The second-order valence-electron chi connectivity index (χ2n) is 9.59. The molecule has 6 heteroatoms. The van der Waals surface area contributed by atoms with Crippen molar-refractivity contribution < 1.29 is 14.0 Å². The summed E-state index contributed by atoms with van der Waals surface area (Å²) in [6.07, 6.45) is 4.51. The molecular formula is C29H35N3O3. The van der Waals surface area contributed by atoms with Gasteiger partial charge in [0.2, 0.25) is 5.91 Å². The van der Waals surface area contributed by atoms with Crippen molar-refractivity contribution in [1.29, 1.82) is 0 Å². The third kappa shape index (κ3) is 6.83. The molecule has 1 aromatic heterocycles. The van der Waals surface area contributed by atoms with E-state index in [1.807, 2.05) is 44.2 Å². The molecule has 3 aromatic rings. The van der Waals surface area contributed by atoms with Gasteiger partial charge in [-0.3, -0.25) is 9.59 Å². The van der Waals surface area contributed by atoms with Gasteiger partial charge in [-0.15, -0.1) is 0 Å². The van der Waals surface area contributed by atoms with Crippen molar-refractivity contribution in [2.75, 3.05) is 25.0 Å². The molecule has 0 spiro atoms. The Morgan fingerprint density at radius 3 is 2.46 bits per heavy atom. The molecular weight excluding hydrogens is 438 g/mol. The Morgan fingerprint density at radius 2 is 1.77 bits per heavy atom. The topological polar surface area (TPSA) is 74.6 Å². The maximum absolute atomic E-state index is 12.6. The van der Waals surface area contributed by atoms with Gasteiger partial charge in [-0.1, -0.05) is 56.3 Å². The Hall–Kier alpha value is -3.38. The highest BCUT2D eigenvalue weighted by atomic mass is 16.3. The molecule has 1 fully saturated rings. The van der Waals surface area contributed by atoms with E-state index < -0.39 is 0 Å². The van der Waals surface area contributed by atoms with Crippen LogP contribution in [0.5, 0.6) is 0 Å². The Balaban J connectivity index is 1.32. The minimum Gasteiger partial charge on any atom is -0.459 e. The van der Waals surface area contributed by atoms with Crippen molar-refractivity contribution in [1.82, 2.24) is 10.2 Å². The summed E-state index contributed by atoms with van der Waals surface area (Å²) in [7, 11) is 0. The average molecular weight is 474 g/mol. The third-order valence-electron chi connectivity index (χ3n) is 6.72. The number of hydrogen-bond donors (Lipinski definition) is 2. The minimum absolute atomic E-state index is 0.0366. The highest BCUT2D eigenvalue weighted by Crippen LogP contribution is 2.30. The molecule has 0 aliphatic carbocycles. The average Bonchev–Trinajstić information content (AvgIpc) is 3.43. The number of nitrogens with zero attached hydrogens (tertiary/aromatic N) is 1. The highest BCUT2D eigenvalue weighted by molar-refractivity contribution is 5.92. The molecule has 1 aliphatic rings. The fourth-order valence-electron chi connectivity index (χ4n) is 4.60. The molecule has 2 heterocycles. The van der Waals surface area contributed by atoms with Crippen LogP contribution < -0.4 is 10.6 Å². The SMILES string of the molecule is CC(C)C(=O)Nc1cccc(C2CCN(CCC(NC(=O)c3ccco3)c3ccccc3)CC2)c1. The molecule has 0 saturated carbocycles. The second-order valence-corrected chi connectivity index (χ2v) is 9.59. The molecule has 2 amide bonds. The molecule has 0 radical (unpaired) electrons. The first kappa shape index (κ1) is 24.7. The number of piperidine rings is 1. The van der Waals surface area contributed by atoms with Crippen molar-refractivity contribution in [2.24, 2.45) is 5.92 Å². The molecule has 1 aliphatic heterocycles. The van der Waals surface area contributed by atoms with E-state index in [4.69, 9.17) is 4.42 Å². The molecule has 1 unspecified atom stereocenters. The van der Waals surface area contributed by atoms with Gasteiger partial charge < -0.3 is 20.0 Å². The van der Waals surface area contributed by atoms with Crippen LogP contribution in [0.15, 0.2) is 77.4 Å². The summed E-state index contributed by atoms with van der Waals surface area (Å²) in [6.45, 7) is 6.75. The lowest BCUT2D eigenvalue weighted by atomic mass is 9.89. The van der Waals surface area contributed by atoms with Gasteiger partial charge in [-0.05, 0) is 73.7 Å². The van der Waals surface area contributed by atoms with Gasteiger partial charge in [0.25, 0.3) is 5.91 Å². The number of hydrogen-bond acceptors (Lipinski definition) is 4. The standard InChI is InChI=1S/C29H35N3O3/c1-21(2)28(33)30-25-11-6-10-24(20-25)22-13-16-32(17-14-22)18-15-26(23-8-4-3-5-9-23)31-29(34)27-12-7-19-35-27/h3-12,19-22,26H,13-18H2,1-2H3,(H,30,33)(H,31,34). The fourth-order valence-corrected chi connectivity index (χ4v) is 4.60. The van der Waals surface area contributed by atoms with Crippen molar-refractivity contribution in [3.8, 4) is 0 Å². The van der Waals surface area contributed by atoms with Gasteiger partial charge in [-0.2, -0.15) is 0 Å². The maximum atomic E-state index is 12.6. The predicted octanol–water partition coefficient (Wildman–Crippen LogP) is 5.61. The first-order valence-corrected chi connectivity index (χ1v) is 12.5. The fraction of sp³-hybridized carbons (Fsp3) is 0.379. The lowest BCUT2D eigenvalue weighted by Gasteiger charge is -2.33. The number of anilines is 1. The summed E-state index contributed by atoms with van der Waals surface area (Å²) in [4.78, 5) is 27.2. The van der Waals surface area contributed by atoms with Crippen LogP contribution >= 0.6 is 0 Å². The predicted molar refractivity (Wildman–Crippen MR) is 138 cm³/mol. The number of rotatable bonds is 9. The molecule has 1 atom stereocenters. The summed E-state index contributed by atoms with van der Waals surface area (Å²) < 4.78 is 5.28. The van der Waals surface area contributed by atoms with Gasteiger partial charge in [0, 0.05) is 18.2 Å². The van der Waals surface area contributed by atoms with Crippen LogP contribution in [-0.2, 0) is 4.79 Å². The zero-order valence-corrected chi connectivity index (χ0v) is 20.6. The zero-order valence-electron chi connectivity index (χ0n) is 20.6. The van der Waals surface area contributed by atoms with E-state index >= 15 is 0 Å². The highest BCUT2D eigenvalue weighted by Gasteiger charge is 2.23. The van der Waals surface area contributed by atoms with E-state index in [-0.39, 0.29) is 23.8 Å². The monoisotopic (exact) mass is 473 g/mol. The van der Waals surface area contributed by atoms with Gasteiger partial charge in [0.15, 0.2) is 5.76 Å². The number of likely N-dealkylation sites (tertiary alicyclic amines) is 1. The van der Waals surface area contributed by atoms with Crippen molar-refractivity contribution in [3.05, 3.63) is 89.9 Å². The number of carbonyl (C=O) groups is 2. The van der Waals surface area contributed by atoms with E-state index in [0.717, 1.165) is 50.1 Å². The lowest BCUT2D eigenvalue weighted by molar-refractivity contribution is -0.118. The number of amides is 2. The molecule has 2 N–H and O–H groups in total. The lowest BCUT2D eigenvalue weighted by Crippen LogP contribution is -2.36. The Labute approximate surface area is 207 Å². The number of furan rings is 1. The Kier molecular flexibility index (Phi) is 8.37. The Bertz CT molecular complexity index is 1090.